The van der Waals surface area contributed by atoms with E-state index >= 15 is 0 Å². The Morgan fingerprint density at radius 3 is 2.58 bits per heavy atom. The number of anilines is 1. The van der Waals surface area contributed by atoms with Gasteiger partial charge in [-0.1, -0.05) is 30.3 Å². The third-order valence-electron chi connectivity index (χ3n) is 4.21. The zero-order valence-corrected chi connectivity index (χ0v) is 14.0. The molecule has 1 amide bonds. The van der Waals surface area contributed by atoms with Crippen molar-refractivity contribution in [2.24, 2.45) is 0 Å². The minimum atomic E-state index is -0.382. The number of nitrogens with one attached hydrogen (secondary N) is 1. The molecule has 5 nitrogen and oxygen atoms in total. The summed E-state index contributed by atoms with van der Waals surface area (Å²) in [7, 11) is 1.35. The van der Waals surface area contributed by atoms with Gasteiger partial charge in [-0.05, 0) is 36.4 Å². The van der Waals surface area contributed by atoms with Crippen molar-refractivity contribution in [2.45, 2.75) is 0 Å². The van der Waals surface area contributed by atoms with Crippen LogP contribution in [-0.4, -0.2) is 19.0 Å². The maximum Gasteiger partial charge on any atom is 0.337 e. The molecule has 2 aromatic carbocycles. The van der Waals surface area contributed by atoms with Crippen LogP contribution in [0.15, 0.2) is 65.1 Å². The molecule has 4 rings (SSSR count). The molecule has 5 heteroatoms. The Morgan fingerprint density at radius 2 is 1.81 bits per heavy atom. The minimum Gasteiger partial charge on any atom is -0.465 e. The lowest BCUT2D eigenvalue weighted by molar-refractivity contribution is -0.110. The number of carbonyl (C=O) groups is 2. The van der Waals surface area contributed by atoms with Gasteiger partial charge in [0.25, 0.3) is 5.91 Å². The molecule has 128 valence electrons. The zero-order chi connectivity index (χ0) is 18.1. The molecular formula is C21H15NO4. The van der Waals surface area contributed by atoms with Crippen LogP contribution in [0.1, 0.15) is 21.7 Å². The Bertz CT molecular complexity index is 1030. The molecule has 1 aromatic heterocycles. The van der Waals surface area contributed by atoms with Gasteiger partial charge in [-0.3, -0.25) is 4.79 Å². The number of fused-ring (bicyclic) bond motifs is 1. The molecule has 0 aliphatic carbocycles. The summed E-state index contributed by atoms with van der Waals surface area (Å²) in [4.78, 5) is 23.7. The summed E-state index contributed by atoms with van der Waals surface area (Å²) < 4.78 is 10.5. The van der Waals surface area contributed by atoms with E-state index < -0.39 is 0 Å². The predicted octanol–water partition coefficient (Wildman–Crippen LogP) is 4.23. The summed E-state index contributed by atoms with van der Waals surface area (Å²) in [5.41, 5.74) is 3.54. The first kappa shape index (κ1) is 15.9. The Morgan fingerprint density at radius 1 is 1.04 bits per heavy atom. The van der Waals surface area contributed by atoms with Crippen LogP contribution >= 0.6 is 0 Å². The van der Waals surface area contributed by atoms with Gasteiger partial charge in [0.15, 0.2) is 0 Å². The molecule has 2 heterocycles. The summed E-state index contributed by atoms with van der Waals surface area (Å²) in [6, 6.07) is 18.1. The fourth-order valence-electron chi connectivity index (χ4n) is 2.90. The van der Waals surface area contributed by atoms with Gasteiger partial charge >= 0.3 is 5.97 Å². The van der Waals surface area contributed by atoms with Gasteiger partial charge in [0.1, 0.15) is 11.5 Å². The SMILES string of the molecule is COC(=O)c1ccc(-c2ccc(C=C3C(=O)Nc4ccccc43)o2)cc1. The number of benzene rings is 2. The van der Waals surface area contributed by atoms with E-state index in [9.17, 15) is 9.59 Å². The largest absolute Gasteiger partial charge is 0.465 e. The molecule has 0 spiro atoms. The van der Waals surface area contributed by atoms with Gasteiger partial charge in [0.05, 0.1) is 18.2 Å². The number of amides is 1. The second-order valence-electron chi connectivity index (χ2n) is 5.83. The molecule has 26 heavy (non-hydrogen) atoms. The number of rotatable bonds is 3. The maximum absolute atomic E-state index is 12.2. The first-order valence-corrected chi connectivity index (χ1v) is 8.07. The lowest BCUT2D eigenvalue weighted by Gasteiger charge is -2.01. The van der Waals surface area contributed by atoms with Crippen LogP contribution in [0.4, 0.5) is 5.69 Å². The van der Waals surface area contributed by atoms with E-state index in [4.69, 9.17) is 9.15 Å². The second kappa shape index (κ2) is 6.37. The monoisotopic (exact) mass is 345 g/mol. The lowest BCUT2D eigenvalue weighted by Crippen LogP contribution is -2.03. The smallest absolute Gasteiger partial charge is 0.337 e. The van der Waals surface area contributed by atoms with Crippen LogP contribution in [0, 0.1) is 0 Å². The molecule has 0 unspecified atom stereocenters. The van der Waals surface area contributed by atoms with E-state index in [-0.39, 0.29) is 11.9 Å². The first-order valence-electron chi connectivity index (χ1n) is 8.07. The van der Waals surface area contributed by atoms with Crippen molar-refractivity contribution in [3.8, 4) is 11.3 Å². The van der Waals surface area contributed by atoms with E-state index in [0.717, 1.165) is 16.8 Å². The van der Waals surface area contributed by atoms with Crippen LogP contribution in [0.2, 0.25) is 0 Å². The molecule has 0 fully saturated rings. The van der Waals surface area contributed by atoms with Gasteiger partial charge < -0.3 is 14.5 Å². The Kier molecular flexibility index (Phi) is 3.89. The highest BCUT2D eigenvalue weighted by atomic mass is 16.5. The van der Waals surface area contributed by atoms with Crippen LogP contribution < -0.4 is 5.32 Å². The molecule has 0 radical (unpaired) electrons. The fraction of sp³-hybridized carbons (Fsp3) is 0.0476. The fourth-order valence-corrected chi connectivity index (χ4v) is 2.90. The van der Waals surface area contributed by atoms with Crippen molar-refractivity contribution in [1.29, 1.82) is 0 Å². The molecule has 1 N–H and O–H groups in total. The van der Waals surface area contributed by atoms with E-state index in [1.807, 2.05) is 36.4 Å². The number of hydrogen-bond acceptors (Lipinski definition) is 4. The topological polar surface area (TPSA) is 68.5 Å². The van der Waals surface area contributed by atoms with Crippen molar-refractivity contribution in [3.05, 3.63) is 77.6 Å². The normalized spacial score (nSPS) is 14.2. The van der Waals surface area contributed by atoms with Crippen molar-refractivity contribution >= 4 is 29.2 Å². The van der Waals surface area contributed by atoms with Crippen molar-refractivity contribution < 1.29 is 18.7 Å². The summed E-state index contributed by atoms with van der Waals surface area (Å²) in [6.07, 6.45) is 1.73. The van der Waals surface area contributed by atoms with E-state index in [1.54, 1.807) is 30.3 Å². The average Bonchev–Trinajstić information content (AvgIpc) is 3.26. The molecule has 0 saturated heterocycles. The number of carbonyl (C=O) groups excluding carboxylic acids is 2. The molecule has 0 saturated carbocycles. The van der Waals surface area contributed by atoms with Gasteiger partial charge in [-0.2, -0.15) is 0 Å². The van der Waals surface area contributed by atoms with Crippen LogP contribution in [0.25, 0.3) is 23.0 Å². The lowest BCUT2D eigenvalue weighted by atomic mass is 10.1. The molecule has 1 aliphatic rings. The zero-order valence-electron chi connectivity index (χ0n) is 14.0. The number of methoxy groups -OCH3 is 1. The summed E-state index contributed by atoms with van der Waals surface area (Å²) in [5, 5.41) is 2.84. The number of hydrogen-bond donors (Lipinski definition) is 1. The Labute approximate surface area is 149 Å². The summed E-state index contributed by atoms with van der Waals surface area (Å²) >= 11 is 0. The average molecular weight is 345 g/mol. The highest BCUT2D eigenvalue weighted by Gasteiger charge is 2.23. The van der Waals surface area contributed by atoms with Gasteiger partial charge in [0, 0.05) is 16.8 Å². The summed E-state index contributed by atoms with van der Waals surface area (Å²) in [5.74, 6) is 0.706. The highest BCUT2D eigenvalue weighted by molar-refractivity contribution is 6.34. The highest BCUT2D eigenvalue weighted by Crippen LogP contribution is 2.33. The number of furan rings is 1. The maximum atomic E-state index is 12.2. The molecular weight excluding hydrogens is 330 g/mol. The third-order valence-corrected chi connectivity index (χ3v) is 4.21. The minimum absolute atomic E-state index is 0.147. The summed E-state index contributed by atoms with van der Waals surface area (Å²) in [6.45, 7) is 0. The standard InChI is InChI=1S/C21H15NO4/c1-25-21(24)14-8-6-13(7-9-14)19-11-10-15(26-19)12-17-16-4-2-3-5-18(16)22-20(17)23/h2-12H,1H3,(H,22,23). The molecule has 1 aliphatic heterocycles. The number of ether oxygens (including phenoxy) is 1. The van der Waals surface area contributed by atoms with Crippen LogP contribution in [0.3, 0.4) is 0 Å². The van der Waals surface area contributed by atoms with Crippen LogP contribution in [0.5, 0.6) is 0 Å². The van der Waals surface area contributed by atoms with Crippen molar-refractivity contribution in [2.75, 3.05) is 12.4 Å². The molecule has 0 bridgehead atoms. The van der Waals surface area contributed by atoms with E-state index in [1.165, 1.54) is 7.11 Å². The van der Waals surface area contributed by atoms with Crippen molar-refractivity contribution in [1.82, 2.24) is 0 Å². The van der Waals surface area contributed by atoms with Crippen LogP contribution in [-0.2, 0) is 9.53 Å². The number of esters is 1. The molecule has 0 atom stereocenters. The number of para-hydroxylation sites is 1. The van der Waals surface area contributed by atoms with E-state index in [0.29, 0.717) is 22.7 Å². The van der Waals surface area contributed by atoms with Gasteiger partial charge in [-0.15, -0.1) is 0 Å². The second-order valence-corrected chi connectivity index (χ2v) is 5.83. The quantitative estimate of drug-likeness (QED) is 0.570. The van der Waals surface area contributed by atoms with Gasteiger partial charge in [0.2, 0.25) is 0 Å². The van der Waals surface area contributed by atoms with E-state index in [2.05, 4.69) is 5.32 Å². The predicted molar refractivity (Wildman–Crippen MR) is 98.4 cm³/mol. The Balaban J connectivity index is 1.63. The van der Waals surface area contributed by atoms with Gasteiger partial charge in [-0.25, -0.2) is 4.79 Å². The molecule has 3 aromatic rings. The third kappa shape index (κ3) is 2.80. The first-order chi connectivity index (χ1) is 12.7. The van der Waals surface area contributed by atoms with Crippen molar-refractivity contribution in [3.63, 3.8) is 0 Å². The Hall–Kier alpha value is -3.60.